The topological polar surface area (TPSA) is 35.2 Å². The van der Waals surface area contributed by atoms with Gasteiger partial charge in [-0.1, -0.05) is 32.4 Å². The number of ether oxygens (including phenoxy) is 1. The summed E-state index contributed by atoms with van der Waals surface area (Å²) in [4.78, 5) is 0. The van der Waals surface area contributed by atoms with Crippen molar-refractivity contribution in [3.05, 3.63) is 28.3 Å². The van der Waals surface area contributed by atoms with Crippen LogP contribution in [-0.4, -0.2) is 6.61 Å². The minimum Gasteiger partial charge on any atom is -0.493 e. The van der Waals surface area contributed by atoms with Gasteiger partial charge in [0.05, 0.1) is 6.61 Å². The second kappa shape index (κ2) is 4.51. The second-order valence-electron chi connectivity index (χ2n) is 5.13. The van der Waals surface area contributed by atoms with E-state index in [1.807, 2.05) is 12.1 Å². The van der Waals surface area contributed by atoms with Crippen LogP contribution in [0.15, 0.2) is 12.1 Å². The molecule has 0 fully saturated rings. The van der Waals surface area contributed by atoms with Gasteiger partial charge in [0.2, 0.25) is 0 Å². The molecular weight excluding hydrogens is 234 g/mol. The average molecular weight is 254 g/mol. The summed E-state index contributed by atoms with van der Waals surface area (Å²) < 4.78 is 5.83. The van der Waals surface area contributed by atoms with Crippen LogP contribution in [0.25, 0.3) is 0 Å². The van der Waals surface area contributed by atoms with Gasteiger partial charge in [-0.05, 0) is 30.0 Å². The van der Waals surface area contributed by atoms with E-state index in [4.69, 9.17) is 22.1 Å². The molecule has 94 valence electrons. The number of fused-ring (bicyclic) bond motifs is 1. The van der Waals surface area contributed by atoms with Gasteiger partial charge in [0.1, 0.15) is 5.75 Å². The summed E-state index contributed by atoms with van der Waals surface area (Å²) in [6.45, 7) is 7.10. The van der Waals surface area contributed by atoms with E-state index in [1.165, 1.54) is 0 Å². The summed E-state index contributed by atoms with van der Waals surface area (Å²) in [7, 11) is 0. The van der Waals surface area contributed by atoms with E-state index in [9.17, 15) is 0 Å². The first-order chi connectivity index (χ1) is 7.98. The molecule has 1 aromatic rings. The zero-order valence-electron chi connectivity index (χ0n) is 10.7. The van der Waals surface area contributed by atoms with Gasteiger partial charge >= 0.3 is 0 Å². The highest BCUT2D eigenvalue weighted by Crippen LogP contribution is 2.43. The van der Waals surface area contributed by atoms with E-state index in [1.54, 1.807) is 0 Å². The fourth-order valence-corrected chi connectivity index (χ4v) is 2.64. The molecule has 0 saturated carbocycles. The quantitative estimate of drug-likeness (QED) is 0.870. The third-order valence-electron chi connectivity index (χ3n) is 3.67. The van der Waals surface area contributed by atoms with Crippen LogP contribution < -0.4 is 10.5 Å². The molecule has 2 nitrogen and oxygen atoms in total. The molecule has 2 rings (SSSR count). The lowest BCUT2D eigenvalue weighted by atomic mass is 9.81. The van der Waals surface area contributed by atoms with Gasteiger partial charge in [0, 0.05) is 22.5 Å². The van der Waals surface area contributed by atoms with Crippen molar-refractivity contribution in [2.45, 2.75) is 45.1 Å². The molecule has 0 bridgehead atoms. The summed E-state index contributed by atoms with van der Waals surface area (Å²) in [5.74, 6) is 1.35. The molecular formula is C14H20ClNO. The number of nitrogens with two attached hydrogens (primary N) is 1. The Balaban J connectivity index is 2.63. The van der Waals surface area contributed by atoms with Crippen molar-refractivity contribution in [1.82, 2.24) is 0 Å². The van der Waals surface area contributed by atoms with Crippen molar-refractivity contribution in [3.63, 3.8) is 0 Å². The maximum Gasteiger partial charge on any atom is 0.127 e. The predicted molar refractivity (Wildman–Crippen MR) is 71.8 cm³/mol. The Morgan fingerprint density at radius 3 is 2.76 bits per heavy atom. The maximum atomic E-state index is 6.47. The van der Waals surface area contributed by atoms with Gasteiger partial charge in [-0.15, -0.1) is 0 Å². The van der Waals surface area contributed by atoms with E-state index >= 15 is 0 Å². The Bertz CT molecular complexity index is 430. The average Bonchev–Trinajstić information content (AvgIpc) is 2.29. The predicted octanol–water partition coefficient (Wildman–Crippen LogP) is 3.81. The van der Waals surface area contributed by atoms with Gasteiger partial charge in [-0.2, -0.15) is 0 Å². The normalized spacial score (nSPS) is 23.4. The first kappa shape index (κ1) is 12.7. The summed E-state index contributed by atoms with van der Waals surface area (Å²) in [6.07, 6.45) is 1.76. The second-order valence-corrected chi connectivity index (χ2v) is 5.57. The van der Waals surface area contributed by atoms with Crippen LogP contribution in [0, 0.1) is 0 Å². The van der Waals surface area contributed by atoms with Crippen molar-refractivity contribution >= 4 is 11.6 Å². The molecule has 0 amide bonds. The lowest BCUT2D eigenvalue weighted by Gasteiger charge is -2.36. The molecule has 1 aliphatic rings. The molecule has 2 N–H and O–H groups in total. The Labute approximate surface area is 108 Å². The molecule has 17 heavy (non-hydrogen) atoms. The van der Waals surface area contributed by atoms with Gasteiger partial charge < -0.3 is 10.5 Å². The van der Waals surface area contributed by atoms with Crippen molar-refractivity contribution in [2.24, 2.45) is 5.73 Å². The summed E-state index contributed by atoms with van der Waals surface area (Å²) in [6, 6.07) is 3.96. The third-order valence-corrected chi connectivity index (χ3v) is 3.88. The molecule has 0 aliphatic carbocycles. The molecule has 1 heterocycles. The van der Waals surface area contributed by atoms with Crippen LogP contribution in [0.2, 0.25) is 5.02 Å². The first-order valence-corrected chi connectivity index (χ1v) is 6.61. The number of benzene rings is 1. The Kier molecular flexibility index (Phi) is 3.37. The third kappa shape index (κ3) is 2.16. The van der Waals surface area contributed by atoms with Gasteiger partial charge in [0.25, 0.3) is 0 Å². The van der Waals surface area contributed by atoms with E-state index < -0.39 is 0 Å². The summed E-state index contributed by atoms with van der Waals surface area (Å²) >= 11 is 6.20. The van der Waals surface area contributed by atoms with Crippen LogP contribution in [0.5, 0.6) is 5.75 Å². The summed E-state index contributed by atoms with van der Waals surface area (Å²) in [5, 5.41) is 0.751. The standard InChI is InChI=1S/C14H20ClNO/c1-4-14(16)5-6-17-13-11(9(2)3)7-10(15)8-12(13)14/h7-9H,4-6,16H2,1-3H3. The monoisotopic (exact) mass is 253 g/mol. The Morgan fingerprint density at radius 2 is 2.18 bits per heavy atom. The van der Waals surface area contributed by atoms with E-state index in [-0.39, 0.29) is 5.54 Å². The highest BCUT2D eigenvalue weighted by Gasteiger charge is 2.34. The number of hydrogen-bond donors (Lipinski definition) is 1. The van der Waals surface area contributed by atoms with Crippen LogP contribution in [0.3, 0.4) is 0 Å². The first-order valence-electron chi connectivity index (χ1n) is 6.23. The highest BCUT2D eigenvalue weighted by atomic mass is 35.5. The highest BCUT2D eigenvalue weighted by molar-refractivity contribution is 6.30. The lowest BCUT2D eigenvalue weighted by Crippen LogP contribution is -2.41. The van der Waals surface area contributed by atoms with Crippen LogP contribution in [0.4, 0.5) is 0 Å². The Hall–Kier alpha value is -0.730. The lowest BCUT2D eigenvalue weighted by molar-refractivity contribution is 0.210. The number of hydrogen-bond acceptors (Lipinski definition) is 2. The van der Waals surface area contributed by atoms with Crippen molar-refractivity contribution in [2.75, 3.05) is 6.61 Å². The molecule has 3 heteroatoms. The van der Waals surface area contributed by atoms with Gasteiger partial charge in [-0.25, -0.2) is 0 Å². The number of halogens is 1. The molecule has 1 aromatic carbocycles. The van der Waals surface area contributed by atoms with E-state index in [2.05, 4.69) is 20.8 Å². The minimum atomic E-state index is -0.290. The molecule has 1 atom stereocenters. The van der Waals surface area contributed by atoms with Crippen LogP contribution >= 0.6 is 11.6 Å². The van der Waals surface area contributed by atoms with Gasteiger partial charge in [0.15, 0.2) is 0 Å². The molecule has 0 radical (unpaired) electrons. The smallest absolute Gasteiger partial charge is 0.127 e. The Morgan fingerprint density at radius 1 is 1.47 bits per heavy atom. The number of rotatable bonds is 2. The van der Waals surface area contributed by atoms with Crippen molar-refractivity contribution in [3.8, 4) is 5.75 Å². The molecule has 0 saturated heterocycles. The zero-order valence-corrected chi connectivity index (χ0v) is 11.5. The molecule has 1 unspecified atom stereocenters. The SMILES string of the molecule is CCC1(N)CCOc2c(C(C)C)cc(Cl)cc21. The van der Waals surface area contributed by atoms with Crippen LogP contribution in [-0.2, 0) is 5.54 Å². The van der Waals surface area contributed by atoms with E-state index in [0.717, 1.165) is 34.7 Å². The van der Waals surface area contributed by atoms with Crippen LogP contribution in [0.1, 0.15) is 50.7 Å². The largest absolute Gasteiger partial charge is 0.493 e. The van der Waals surface area contributed by atoms with E-state index in [0.29, 0.717) is 12.5 Å². The molecule has 0 aromatic heterocycles. The fourth-order valence-electron chi connectivity index (χ4n) is 2.41. The zero-order chi connectivity index (χ0) is 12.6. The minimum absolute atomic E-state index is 0.290. The maximum absolute atomic E-state index is 6.47. The van der Waals surface area contributed by atoms with Crippen molar-refractivity contribution in [1.29, 1.82) is 0 Å². The summed E-state index contributed by atoms with van der Waals surface area (Å²) in [5.41, 5.74) is 8.41. The van der Waals surface area contributed by atoms with Crippen molar-refractivity contribution < 1.29 is 4.74 Å². The molecule has 0 spiro atoms. The fraction of sp³-hybridized carbons (Fsp3) is 0.571. The van der Waals surface area contributed by atoms with Gasteiger partial charge in [-0.3, -0.25) is 0 Å². The molecule has 1 aliphatic heterocycles.